The molecule has 1 fully saturated rings. The Morgan fingerprint density at radius 2 is 2.39 bits per heavy atom. The Bertz CT molecular complexity index is 549. The van der Waals surface area contributed by atoms with Gasteiger partial charge in [-0.1, -0.05) is 6.92 Å². The fourth-order valence-corrected chi connectivity index (χ4v) is 2.80. The van der Waals surface area contributed by atoms with E-state index in [0.717, 1.165) is 35.8 Å². The Morgan fingerprint density at radius 1 is 1.50 bits per heavy atom. The molecule has 1 unspecified atom stereocenters. The van der Waals surface area contributed by atoms with Gasteiger partial charge < -0.3 is 10.2 Å². The van der Waals surface area contributed by atoms with Gasteiger partial charge in [-0.3, -0.25) is 4.90 Å². The summed E-state index contributed by atoms with van der Waals surface area (Å²) >= 11 is 0. The first kappa shape index (κ1) is 11.5. The molecule has 2 N–H and O–H groups in total. The molecule has 1 aliphatic heterocycles. The van der Waals surface area contributed by atoms with Crippen molar-refractivity contribution in [3.63, 3.8) is 0 Å². The smallest absolute Gasteiger partial charge is 0.209 e. The highest BCUT2D eigenvalue weighted by molar-refractivity contribution is 5.76. The lowest BCUT2D eigenvalue weighted by molar-refractivity contribution is 0.219. The quantitative estimate of drug-likeness (QED) is 0.845. The summed E-state index contributed by atoms with van der Waals surface area (Å²) < 4.78 is 5.77. The van der Waals surface area contributed by atoms with Gasteiger partial charge in [-0.25, -0.2) is 4.98 Å². The second kappa shape index (κ2) is 4.61. The van der Waals surface area contributed by atoms with Gasteiger partial charge in [0.05, 0.1) is 6.54 Å². The van der Waals surface area contributed by atoms with E-state index < -0.39 is 0 Å². The average molecular weight is 245 g/mol. The van der Waals surface area contributed by atoms with E-state index in [2.05, 4.69) is 16.8 Å². The molecule has 1 aromatic heterocycles. The van der Waals surface area contributed by atoms with E-state index in [1.54, 1.807) is 0 Å². The van der Waals surface area contributed by atoms with Crippen LogP contribution in [-0.4, -0.2) is 22.5 Å². The second-order valence-electron chi connectivity index (χ2n) is 5.01. The predicted octanol–water partition coefficient (Wildman–Crippen LogP) is 2.78. The van der Waals surface area contributed by atoms with Crippen LogP contribution in [0.5, 0.6) is 0 Å². The van der Waals surface area contributed by atoms with Crippen molar-refractivity contribution in [1.82, 2.24) is 9.88 Å². The molecule has 4 nitrogen and oxygen atoms in total. The molecule has 0 bridgehead atoms. The summed E-state index contributed by atoms with van der Waals surface area (Å²) in [6, 6.07) is 6.29. The van der Waals surface area contributed by atoms with Crippen molar-refractivity contribution in [2.75, 3.05) is 12.3 Å². The Morgan fingerprint density at radius 3 is 3.22 bits per heavy atom. The van der Waals surface area contributed by atoms with Gasteiger partial charge in [0.1, 0.15) is 5.52 Å². The second-order valence-corrected chi connectivity index (χ2v) is 5.01. The number of aromatic nitrogens is 1. The first-order valence-corrected chi connectivity index (χ1v) is 6.65. The zero-order chi connectivity index (χ0) is 12.5. The van der Waals surface area contributed by atoms with Crippen molar-refractivity contribution in [1.29, 1.82) is 0 Å². The van der Waals surface area contributed by atoms with Crippen LogP contribution in [0.1, 0.15) is 32.1 Å². The van der Waals surface area contributed by atoms with Crippen molar-refractivity contribution >= 4 is 16.8 Å². The Hall–Kier alpha value is -1.55. The zero-order valence-electron chi connectivity index (χ0n) is 10.7. The third-order valence-electron chi connectivity index (χ3n) is 3.76. The summed E-state index contributed by atoms with van der Waals surface area (Å²) in [6.45, 7) is 4.21. The molecule has 0 spiro atoms. The van der Waals surface area contributed by atoms with Crippen molar-refractivity contribution in [3.8, 4) is 0 Å². The molecule has 1 saturated heterocycles. The minimum atomic E-state index is 0.685. The summed E-state index contributed by atoms with van der Waals surface area (Å²) in [5, 5.41) is 0. The standard InChI is InChI=1S/C14H19N3O/c1-2-11-4-3-7-17(11)9-14-16-12-8-10(15)5-6-13(12)18-14/h5-6,8,11H,2-4,7,9,15H2,1H3. The van der Waals surface area contributed by atoms with Gasteiger partial charge >= 0.3 is 0 Å². The molecule has 3 rings (SSSR count). The number of benzene rings is 1. The van der Waals surface area contributed by atoms with Crippen LogP contribution in [-0.2, 0) is 6.54 Å². The SMILES string of the molecule is CCC1CCCN1Cc1nc2cc(N)ccc2o1. The van der Waals surface area contributed by atoms with E-state index in [1.807, 2.05) is 18.2 Å². The molecule has 0 radical (unpaired) electrons. The molecule has 1 aliphatic rings. The molecule has 0 aliphatic carbocycles. The average Bonchev–Trinajstić information content (AvgIpc) is 2.94. The molecule has 2 heterocycles. The highest BCUT2D eigenvalue weighted by Crippen LogP contribution is 2.24. The van der Waals surface area contributed by atoms with E-state index in [4.69, 9.17) is 10.2 Å². The van der Waals surface area contributed by atoms with Gasteiger partial charge in [0, 0.05) is 11.7 Å². The van der Waals surface area contributed by atoms with Crippen molar-refractivity contribution in [2.45, 2.75) is 38.8 Å². The number of anilines is 1. The van der Waals surface area contributed by atoms with E-state index in [0.29, 0.717) is 6.04 Å². The number of likely N-dealkylation sites (tertiary alicyclic amines) is 1. The normalized spacial score (nSPS) is 20.8. The molecule has 0 saturated carbocycles. The molecule has 4 heteroatoms. The van der Waals surface area contributed by atoms with Gasteiger partial charge in [-0.2, -0.15) is 0 Å². The zero-order valence-corrected chi connectivity index (χ0v) is 10.7. The molecule has 18 heavy (non-hydrogen) atoms. The van der Waals surface area contributed by atoms with Gasteiger partial charge in [-0.05, 0) is 44.0 Å². The number of hydrogen-bond acceptors (Lipinski definition) is 4. The molecule has 2 aromatic rings. The third-order valence-corrected chi connectivity index (χ3v) is 3.76. The first-order chi connectivity index (χ1) is 8.76. The van der Waals surface area contributed by atoms with Crippen molar-refractivity contribution in [2.24, 2.45) is 0 Å². The topological polar surface area (TPSA) is 55.3 Å². The Labute approximate surface area is 107 Å². The van der Waals surface area contributed by atoms with E-state index in [1.165, 1.54) is 19.3 Å². The van der Waals surface area contributed by atoms with E-state index in [9.17, 15) is 0 Å². The first-order valence-electron chi connectivity index (χ1n) is 6.65. The molecule has 1 atom stereocenters. The maximum absolute atomic E-state index is 5.77. The predicted molar refractivity (Wildman–Crippen MR) is 72.1 cm³/mol. The monoisotopic (exact) mass is 245 g/mol. The highest BCUT2D eigenvalue weighted by Gasteiger charge is 2.24. The van der Waals surface area contributed by atoms with Crippen molar-refractivity contribution < 1.29 is 4.42 Å². The summed E-state index contributed by atoms with van der Waals surface area (Å²) in [7, 11) is 0. The Balaban J connectivity index is 1.82. The summed E-state index contributed by atoms with van der Waals surface area (Å²) in [4.78, 5) is 6.98. The maximum Gasteiger partial charge on any atom is 0.209 e. The summed E-state index contributed by atoms with van der Waals surface area (Å²) in [5.41, 5.74) is 8.16. The lowest BCUT2D eigenvalue weighted by atomic mass is 10.2. The van der Waals surface area contributed by atoms with Crippen LogP contribution in [0.15, 0.2) is 22.6 Å². The lowest BCUT2D eigenvalue weighted by Crippen LogP contribution is -2.28. The van der Waals surface area contributed by atoms with Crippen LogP contribution in [0, 0.1) is 0 Å². The number of hydrogen-bond donors (Lipinski definition) is 1. The number of nitrogen functional groups attached to an aromatic ring is 1. The number of fused-ring (bicyclic) bond motifs is 1. The molecule has 0 amide bonds. The summed E-state index contributed by atoms with van der Waals surface area (Å²) in [5.74, 6) is 0.802. The van der Waals surface area contributed by atoms with Gasteiger partial charge in [0.2, 0.25) is 5.89 Å². The number of nitrogens with two attached hydrogens (primary N) is 1. The summed E-state index contributed by atoms with van der Waals surface area (Å²) in [6.07, 6.45) is 3.78. The highest BCUT2D eigenvalue weighted by atomic mass is 16.3. The van der Waals surface area contributed by atoms with Gasteiger partial charge in [-0.15, -0.1) is 0 Å². The number of nitrogens with zero attached hydrogens (tertiary/aromatic N) is 2. The Kier molecular flexibility index (Phi) is 2.96. The fourth-order valence-electron chi connectivity index (χ4n) is 2.80. The molecular weight excluding hydrogens is 226 g/mol. The number of rotatable bonds is 3. The van der Waals surface area contributed by atoms with Crippen LogP contribution in [0.3, 0.4) is 0 Å². The number of oxazole rings is 1. The van der Waals surface area contributed by atoms with Crippen LogP contribution in [0.25, 0.3) is 11.1 Å². The van der Waals surface area contributed by atoms with Crippen molar-refractivity contribution in [3.05, 3.63) is 24.1 Å². The minimum absolute atomic E-state index is 0.685. The fraction of sp³-hybridized carbons (Fsp3) is 0.500. The minimum Gasteiger partial charge on any atom is -0.439 e. The lowest BCUT2D eigenvalue weighted by Gasteiger charge is -2.21. The van der Waals surface area contributed by atoms with E-state index >= 15 is 0 Å². The van der Waals surface area contributed by atoms with E-state index in [-0.39, 0.29) is 0 Å². The molecular formula is C14H19N3O. The van der Waals surface area contributed by atoms with Gasteiger partial charge in [0.25, 0.3) is 0 Å². The third kappa shape index (κ3) is 2.08. The van der Waals surface area contributed by atoms with Crippen LogP contribution < -0.4 is 5.73 Å². The van der Waals surface area contributed by atoms with Crippen LogP contribution in [0.4, 0.5) is 5.69 Å². The largest absolute Gasteiger partial charge is 0.439 e. The molecule has 96 valence electrons. The maximum atomic E-state index is 5.77. The van der Waals surface area contributed by atoms with Crippen LogP contribution in [0.2, 0.25) is 0 Å². The van der Waals surface area contributed by atoms with Crippen LogP contribution >= 0.6 is 0 Å². The molecule has 1 aromatic carbocycles. The van der Waals surface area contributed by atoms with Gasteiger partial charge in [0.15, 0.2) is 5.58 Å².